The van der Waals surface area contributed by atoms with Gasteiger partial charge in [0.1, 0.15) is 0 Å². The van der Waals surface area contributed by atoms with Gasteiger partial charge in [0.25, 0.3) is 11.6 Å². The summed E-state index contributed by atoms with van der Waals surface area (Å²) < 4.78 is 10.7. The van der Waals surface area contributed by atoms with Gasteiger partial charge in [-0.15, -0.1) is 11.3 Å². The zero-order chi connectivity index (χ0) is 20.4. The van der Waals surface area contributed by atoms with E-state index in [1.807, 2.05) is 26.8 Å². The van der Waals surface area contributed by atoms with Gasteiger partial charge in [-0.3, -0.25) is 4.79 Å². The van der Waals surface area contributed by atoms with Gasteiger partial charge in [0.05, 0.1) is 22.3 Å². The summed E-state index contributed by atoms with van der Waals surface area (Å²) in [6.07, 6.45) is -0.101. The predicted octanol–water partition coefficient (Wildman–Crippen LogP) is 3.95. The molecule has 0 bridgehead atoms. The minimum absolute atomic E-state index is 0.272. The SMILES string of the molecule is CCCNC(=O)C(C)OC(=O)c1cc(-c2cc(C)sc2C)nc2onc(C)c12. The molecule has 1 amide bonds. The van der Waals surface area contributed by atoms with Gasteiger partial charge in [0, 0.05) is 21.9 Å². The second-order valence-electron chi connectivity index (χ2n) is 6.67. The van der Waals surface area contributed by atoms with E-state index in [0.717, 1.165) is 21.7 Å². The highest BCUT2D eigenvalue weighted by molar-refractivity contribution is 7.12. The number of fused-ring (bicyclic) bond motifs is 1. The van der Waals surface area contributed by atoms with E-state index >= 15 is 0 Å². The van der Waals surface area contributed by atoms with Crippen LogP contribution in [0.2, 0.25) is 0 Å². The van der Waals surface area contributed by atoms with Crippen LogP contribution in [0.25, 0.3) is 22.4 Å². The summed E-state index contributed by atoms with van der Waals surface area (Å²) in [4.78, 5) is 31.7. The summed E-state index contributed by atoms with van der Waals surface area (Å²) >= 11 is 1.66. The van der Waals surface area contributed by atoms with Crippen molar-refractivity contribution in [2.24, 2.45) is 0 Å². The molecule has 3 aromatic heterocycles. The smallest absolute Gasteiger partial charge is 0.339 e. The minimum atomic E-state index is -0.906. The molecule has 7 nitrogen and oxygen atoms in total. The van der Waals surface area contributed by atoms with Crippen LogP contribution in [-0.2, 0) is 9.53 Å². The Bertz CT molecular complexity index is 1040. The summed E-state index contributed by atoms with van der Waals surface area (Å²) in [6, 6.07) is 3.70. The Hall–Kier alpha value is -2.74. The number of aromatic nitrogens is 2. The van der Waals surface area contributed by atoms with Crippen molar-refractivity contribution in [3.05, 3.63) is 33.1 Å². The van der Waals surface area contributed by atoms with Crippen LogP contribution in [0.15, 0.2) is 16.7 Å². The quantitative estimate of drug-likeness (QED) is 0.629. The van der Waals surface area contributed by atoms with Crippen LogP contribution in [0, 0.1) is 20.8 Å². The molecule has 1 unspecified atom stereocenters. The Kier molecular flexibility index (Phi) is 5.79. The molecule has 1 N–H and O–H groups in total. The number of esters is 1. The van der Waals surface area contributed by atoms with E-state index in [4.69, 9.17) is 9.26 Å². The minimum Gasteiger partial charge on any atom is -0.449 e. The normalized spacial score (nSPS) is 12.2. The Morgan fingerprint density at radius 1 is 1.29 bits per heavy atom. The number of ether oxygens (including phenoxy) is 1. The van der Waals surface area contributed by atoms with Crippen LogP contribution in [0.3, 0.4) is 0 Å². The summed E-state index contributed by atoms with van der Waals surface area (Å²) in [5.41, 5.74) is 2.65. The van der Waals surface area contributed by atoms with Crippen molar-refractivity contribution in [1.82, 2.24) is 15.5 Å². The van der Waals surface area contributed by atoms with Gasteiger partial charge >= 0.3 is 5.97 Å². The molecule has 0 aliphatic heterocycles. The first-order valence-corrected chi connectivity index (χ1v) is 9.96. The number of pyridine rings is 1. The zero-order valence-corrected chi connectivity index (χ0v) is 17.4. The maximum Gasteiger partial charge on any atom is 0.339 e. The molecule has 0 saturated heterocycles. The zero-order valence-electron chi connectivity index (χ0n) is 16.6. The third-order valence-corrected chi connectivity index (χ3v) is 5.32. The van der Waals surface area contributed by atoms with Crippen LogP contribution in [-0.4, -0.2) is 34.7 Å². The molecule has 0 aliphatic carbocycles. The van der Waals surface area contributed by atoms with Crippen molar-refractivity contribution in [2.75, 3.05) is 6.54 Å². The van der Waals surface area contributed by atoms with Crippen LogP contribution >= 0.6 is 11.3 Å². The lowest BCUT2D eigenvalue weighted by Gasteiger charge is -2.14. The molecule has 0 aliphatic rings. The number of aryl methyl sites for hydroxylation is 3. The number of nitrogens with zero attached hydrogens (tertiary/aromatic N) is 2. The summed E-state index contributed by atoms with van der Waals surface area (Å²) in [6.45, 7) is 9.80. The van der Waals surface area contributed by atoms with E-state index in [2.05, 4.69) is 15.5 Å². The van der Waals surface area contributed by atoms with Gasteiger partial charge in [0.2, 0.25) is 0 Å². The van der Waals surface area contributed by atoms with E-state index < -0.39 is 12.1 Å². The lowest BCUT2D eigenvalue weighted by molar-refractivity contribution is -0.129. The van der Waals surface area contributed by atoms with Crippen molar-refractivity contribution in [2.45, 2.75) is 47.1 Å². The first-order chi connectivity index (χ1) is 13.3. The Balaban J connectivity index is 1.99. The molecular formula is C20H23N3O4S. The third kappa shape index (κ3) is 3.91. The van der Waals surface area contributed by atoms with E-state index in [-0.39, 0.29) is 17.2 Å². The molecule has 3 aromatic rings. The highest BCUT2D eigenvalue weighted by Gasteiger charge is 2.24. The molecule has 0 radical (unpaired) electrons. The second-order valence-corrected chi connectivity index (χ2v) is 8.13. The molecule has 0 aromatic carbocycles. The van der Waals surface area contributed by atoms with Crippen LogP contribution in [0.4, 0.5) is 0 Å². The Labute approximate surface area is 167 Å². The van der Waals surface area contributed by atoms with E-state index in [9.17, 15) is 9.59 Å². The van der Waals surface area contributed by atoms with Gasteiger partial charge in [-0.25, -0.2) is 9.78 Å². The molecule has 148 valence electrons. The van der Waals surface area contributed by atoms with Gasteiger partial charge in [-0.05, 0) is 46.2 Å². The molecule has 28 heavy (non-hydrogen) atoms. The number of carbonyl (C=O) groups excluding carboxylic acids is 2. The molecule has 3 heterocycles. The van der Waals surface area contributed by atoms with Crippen LogP contribution in [0.1, 0.15) is 46.1 Å². The highest BCUT2D eigenvalue weighted by atomic mass is 32.1. The average Bonchev–Trinajstić information content (AvgIpc) is 3.20. The Morgan fingerprint density at radius 2 is 2.04 bits per heavy atom. The van der Waals surface area contributed by atoms with E-state index in [0.29, 0.717) is 23.3 Å². The van der Waals surface area contributed by atoms with E-state index in [1.54, 1.807) is 31.3 Å². The van der Waals surface area contributed by atoms with Crippen molar-refractivity contribution in [3.63, 3.8) is 0 Å². The summed E-state index contributed by atoms with van der Waals surface area (Å²) in [5, 5.41) is 7.16. The molecule has 0 fully saturated rings. The monoisotopic (exact) mass is 401 g/mol. The number of hydrogen-bond acceptors (Lipinski definition) is 7. The fourth-order valence-electron chi connectivity index (χ4n) is 2.95. The average molecular weight is 401 g/mol. The van der Waals surface area contributed by atoms with Gasteiger partial charge < -0.3 is 14.6 Å². The molecule has 1 atom stereocenters. The van der Waals surface area contributed by atoms with Crippen LogP contribution < -0.4 is 5.32 Å². The van der Waals surface area contributed by atoms with Crippen LogP contribution in [0.5, 0.6) is 0 Å². The number of rotatable bonds is 6. The topological polar surface area (TPSA) is 94.3 Å². The van der Waals surface area contributed by atoms with Crippen molar-refractivity contribution < 1.29 is 18.8 Å². The predicted molar refractivity (Wildman–Crippen MR) is 108 cm³/mol. The number of amides is 1. The molecule has 0 saturated carbocycles. The first-order valence-electron chi connectivity index (χ1n) is 9.15. The maximum absolute atomic E-state index is 12.9. The van der Waals surface area contributed by atoms with Gasteiger partial charge in [-0.1, -0.05) is 12.1 Å². The number of hydrogen-bond donors (Lipinski definition) is 1. The fourth-order valence-corrected chi connectivity index (χ4v) is 3.88. The lowest BCUT2D eigenvalue weighted by Crippen LogP contribution is -2.36. The lowest BCUT2D eigenvalue weighted by atomic mass is 10.1. The van der Waals surface area contributed by atoms with Gasteiger partial charge in [0.15, 0.2) is 6.10 Å². The largest absolute Gasteiger partial charge is 0.449 e. The second kappa shape index (κ2) is 8.10. The first kappa shape index (κ1) is 20.0. The van der Waals surface area contributed by atoms with Crippen molar-refractivity contribution >= 4 is 34.3 Å². The summed E-state index contributed by atoms with van der Waals surface area (Å²) in [5.74, 6) is -0.934. The molecule has 8 heteroatoms. The third-order valence-electron chi connectivity index (χ3n) is 4.36. The number of carbonyl (C=O) groups is 2. The summed E-state index contributed by atoms with van der Waals surface area (Å²) in [7, 11) is 0. The van der Waals surface area contributed by atoms with Crippen molar-refractivity contribution in [1.29, 1.82) is 0 Å². The maximum atomic E-state index is 12.9. The fraction of sp³-hybridized carbons (Fsp3) is 0.400. The highest BCUT2D eigenvalue weighted by Crippen LogP contribution is 2.33. The van der Waals surface area contributed by atoms with E-state index in [1.165, 1.54) is 0 Å². The standard InChI is InChI=1S/C20H23N3O4S/c1-6-7-21-18(24)12(4)26-20(25)15-9-16(14-8-10(2)28-13(14)5)22-19-17(15)11(3)23-27-19/h8-9,12H,6-7H2,1-5H3,(H,21,24). The van der Waals surface area contributed by atoms with Gasteiger partial charge in [-0.2, -0.15) is 0 Å². The molecule has 3 rings (SSSR count). The molecular weight excluding hydrogens is 378 g/mol. The number of thiophene rings is 1. The Morgan fingerprint density at radius 3 is 2.68 bits per heavy atom. The number of nitrogens with one attached hydrogen (secondary N) is 1. The van der Waals surface area contributed by atoms with Crippen molar-refractivity contribution in [3.8, 4) is 11.3 Å². The molecule has 0 spiro atoms.